The van der Waals surface area contributed by atoms with Gasteiger partial charge in [0.15, 0.2) is 0 Å². The van der Waals surface area contributed by atoms with Crippen molar-refractivity contribution in [2.75, 3.05) is 5.32 Å². The molecule has 2 aromatic rings. The van der Waals surface area contributed by atoms with Gasteiger partial charge in [0.2, 0.25) is 0 Å². The second-order valence-electron chi connectivity index (χ2n) is 4.31. The molecule has 1 N–H and O–H groups in total. The maximum absolute atomic E-state index is 6.11. The summed E-state index contributed by atoms with van der Waals surface area (Å²) in [6.45, 7) is 0. The lowest BCUT2D eigenvalue weighted by atomic mass is 10.3. The van der Waals surface area contributed by atoms with E-state index in [1.165, 1.54) is 12.8 Å². The van der Waals surface area contributed by atoms with Crippen molar-refractivity contribution in [3.05, 3.63) is 45.8 Å². The van der Waals surface area contributed by atoms with Gasteiger partial charge in [-0.3, -0.25) is 0 Å². The Balaban J connectivity index is 1.90. The number of halogens is 2. The van der Waals surface area contributed by atoms with Crippen LogP contribution >= 0.6 is 27.5 Å². The van der Waals surface area contributed by atoms with E-state index in [0.717, 1.165) is 21.9 Å². The molecule has 92 valence electrons. The Morgan fingerprint density at radius 3 is 2.72 bits per heavy atom. The summed E-state index contributed by atoms with van der Waals surface area (Å²) in [5, 5.41) is 3.90. The Hall–Kier alpha value is -1.13. The minimum Gasteiger partial charge on any atom is -0.339 e. The SMILES string of the molecule is Clc1ccccc1Nc1cc(Br)nc(C2CC2)n1. The molecule has 0 atom stereocenters. The highest BCUT2D eigenvalue weighted by atomic mass is 79.9. The fourth-order valence-corrected chi connectivity index (χ4v) is 2.31. The quantitative estimate of drug-likeness (QED) is 0.844. The van der Waals surface area contributed by atoms with E-state index in [0.29, 0.717) is 10.9 Å². The van der Waals surface area contributed by atoms with Crippen LogP contribution < -0.4 is 5.32 Å². The first kappa shape index (κ1) is 11.9. The molecule has 3 rings (SSSR count). The van der Waals surface area contributed by atoms with Gasteiger partial charge in [-0.05, 0) is 40.9 Å². The van der Waals surface area contributed by atoms with Crippen molar-refractivity contribution in [2.24, 2.45) is 0 Å². The third-order valence-electron chi connectivity index (χ3n) is 2.79. The van der Waals surface area contributed by atoms with Crippen LogP contribution in [-0.2, 0) is 0 Å². The van der Waals surface area contributed by atoms with Crippen molar-refractivity contribution in [1.29, 1.82) is 0 Å². The molecule has 0 amide bonds. The van der Waals surface area contributed by atoms with Crippen LogP contribution in [0.5, 0.6) is 0 Å². The van der Waals surface area contributed by atoms with Gasteiger partial charge in [0.05, 0.1) is 10.7 Å². The molecular weight excluding hydrogens is 314 g/mol. The Labute approximate surface area is 119 Å². The van der Waals surface area contributed by atoms with E-state index >= 15 is 0 Å². The van der Waals surface area contributed by atoms with E-state index in [2.05, 4.69) is 31.2 Å². The summed E-state index contributed by atoms with van der Waals surface area (Å²) in [6.07, 6.45) is 2.37. The summed E-state index contributed by atoms with van der Waals surface area (Å²) < 4.78 is 0.800. The first-order valence-corrected chi connectivity index (χ1v) is 6.95. The third-order valence-corrected chi connectivity index (χ3v) is 3.53. The van der Waals surface area contributed by atoms with Crippen molar-refractivity contribution in [3.63, 3.8) is 0 Å². The van der Waals surface area contributed by atoms with E-state index in [9.17, 15) is 0 Å². The largest absolute Gasteiger partial charge is 0.339 e. The standard InChI is InChI=1S/C13H11BrClN3/c14-11-7-12(18-13(17-11)8-5-6-8)16-10-4-2-1-3-9(10)15/h1-4,7-8H,5-6H2,(H,16,17,18). The van der Waals surface area contributed by atoms with Gasteiger partial charge in [-0.15, -0.1) is 0 Å². The molecular formula is C13H11BrClN3. The van der Waals surface area contributed by atoms with E-state index in [4.69, 9.17) is 11.6 Å². The first-order valence-electron chi connectivity index (χ1n) is 5.78. The zero-order chi connectivity index (χ0) is 12.5. The molecule has 0 saturated heterocycles. The molecule has 5 heteroatoms. The highest BCUT2D eigenvalue weighted by molar-refractivity contribution is 9.10. The maximum Gasteiger partial charge on any atom is 0.135 e. The zero-order valence-corrected chi connectivity index (χ0v) is 11.9. The number of aromatic nitrogens is 2. The number of anilines is 2. The van der Waals surface area contributed by atoms with Crippen LogP contribution in [0.2, 0.25) is 5.02 Å². The van der Waals surface area contributed by atoms with Crippen LogP contribution in [0, 0.1) is 0 Å². The Morgan fingerprint density at radius 1 is 1.22 bits per heavy atom. The molecule has 0 spiro atoms. The minimum absolute atomic E-state index is 0.522. The minimum atomic E-state index is 0.522. The van der Waals surface area contributed by atoms with Gasteiger partial charge >= 0.3 is 0 Å². The number of rotatable bonds is 3. The van der Waals surface area contributed by atoms with Crippen molar-refractivity contribution in [1.82, 2.24) is 9.97 Å². The second-order valence-corrected chi connectivity index (χ2v) is 5.53. The predicted octanol–water partition coefficient (Wildman–Crippen LogP) is 4.51. The Morgan fingerprint density at radius 2 is 2.00 bits per heavy atom. The number of hydrogen-bond acceptors (Lipinski definition) is 3. The van der Waals surface area contributed by atoms with E-state index in [1.54, 1.807) is 0 Å². The Bertz CT molecular complexity index is 584. The molecule has 1 saturated carbocycles. The monoisotopic (exact) mass is 323 g/mol. The summed E-state index contributed by atoms with van der Waals surface area (Å²) in [7, 11) is 0. The molecule has 1 aromatic carbocycles. The number of hydrogen-bond donors (Lipinski definition) is 1. The van der Waals surface area contributed by atoms with E-state index in [-0.39, 0.29) is 0 Å². The maximum atomic E-state index is 6.11. The van der Waals surface area contributed by atoms with Crippen molar-refractivity contribution in [3.8, 4) is 0 Å². The highest BCUT2D eigenvalue weighted by Gasteiger charge is 2.27. The Kier molecular flexibility index (Phi) is 3.22. The molecule has 0 unspecified atom stereocenters. The van der Waals surface area contributed by atoms with Crippen LogP contribution in [0.25, 0.3) is 0 Å². The van der Waals surface area contributed by atoms with Gasteiger partial charge in [0.25, 0.3) is 0 Å². The highest BCUT2D eigenvalue weighted by Crippen LogP contribution is 2.39. The van der Waals surface area contributed by atoms with Gasteiger partial charge in [-0.2, -0.15) is 0 Å². The number of nitrogens with zero attached hydrogens (tertiary/aromatic N) is 2. The number of benzene rings is 1. The van der Waals surface area contributed by atoms with E-state index < -0.39 is 0 Å². The van der Waals surface area contributed by atoms with Crippen LogP contribution in [0.4, 0.5) is 11.5 Å². The normalized spacial score (nSPS) is 14.6. The average Bonchev–Trinajstić information content (AvgIpc) is 3.15. The topological polar surface area (TPSA) is 37.8 Å². The summed E-state index contributed by atoms with van der Waals surface area (Å²) in [5.74, 6) is 2.19. The lowest BCUT2D eigenvalue weighted by molar-refractivity contribution is 0.919. The van der Waals surface area contributed by atoms with Crippen molar-refractivity contribution >= 4 is 39.0 Å². The first-order chi connectivity index (χ1) is 8.72. The molecule has 1 heterocycles. The van der Waals surface area contributed by atoms with Gasteiger partial charge in [-0.25, -0.2) is 9.97 Å². The number of nitrogens with one attached hydrogen (secondary N) is 1. The summed E-state index contributed by atoms with van der Waals surface area (Å²) in [4.78, 5) is 8.91. The lowest BCUT2D eigenvalue weighted by Gasteiger charge is -2.09. The zero-order valence-electron chi connectivity index (χ0n) is 9.53. The molecule has 0 radical (unpaired) electrons. The lowest BCUT2D eigenvalue weighted by Crippen LogP contribution is -1.99. The van der Waals surface area contributed by atoms with Crippen LogP contribution in [-0.4, -0.2) is 9.97 Å². The molecule has 1 aliphatic rings. The number of para-hydroxylation sites is 1. The summed E-state index contributed by atoms with van der Waals surface area (Å²) >= 11 is 9.53. The predicted molar refractivity (Wildman–Crippen MR) is 76.4 cm³/mol. The molecule has 1 aromatic heterocycles. The smallest absolute Gasteiger partial charge is 0.135 e. The van der Waals surface area contributed by atoms with Crippen LogP contribution in [0.1, 0.15) is 24.6 Å². The fourth-order valence-electron chi connectivity index (χ4n) is 1.72. The van der Waals surface area contributed by atoms with Gasteiger partial charge in [0, 0.05) is 12.0 Å². The van der Waals surface area contributed by atoms with E-state index in [1.807, 2.05) is 30.3 Å². The second kappa shape index (κ2) is 4.86. The van der Waals surface area contributed by atoms with Crippen molar-refractivity contribution < 1.29 is 0 Å². The molecule has 3 nitrogen and oxygen atoms in total. The van der Waals surface area contributed by atoms with Gasteiger partial charge < -0.3 is 5.32 Å². The summed E-state index contributed by atoms with van der Waals surface area (Å²) in [6, 6.07) is 9.47. The van der Waals surface area contributed by atoms with Crippen molar-refractivity contribution in [2.45, 2.75) is 18.8 Å². The fraction of sp³-hybridized carbons (Fsp3) is 0.231. The molecule has 1 fully saturated rings. The molecule has 1 aliphatic carbocycles. The van der Waals surface area contributed by atoms with Gasteiger partial charge in [0.1, 0.15) is 16.2 Å². The summed E-state index contributed by atoms with van der Waals surface area (Å²) in [5.41, 5.74) is 0.853. The molecule has 18 heavy (non-hydrogen) atoms. The van der Waals surface area contributed by atoms with Gasteiger partial charge in [-0.1, -0.05) is 23.7 Å². The third kappa shape index (κ3) is 2.65. The van der Waals surface area contributed by atoms with Crippen LogP contribution in [0.15, 0.2) is 34.9 Å². The van der Waals surface area contributed by atoms with Crippen LogP contribution in [0.3, 0.4) is 0 Å². The molecule has 0 bridgehead atoms. The molecule has 0 aliphatic heterocycles. The average molecular weight is 325 g/mol.